The number of aliphatic carboxylic acids is 1. The van der Waals surface area contributed by atoms with E-state index in [4.69, 9.17) is 30.5 Å². The number of nitrogens with zero attached hydrogens (tertiary/aromatic N) is 2. The number of ketones is 3. The van der Waals surface area contributed by atoms with Gasteiger partial charge in [0, 0.05) is 102 Å². The highest BCUT2D eigenvalue weighted by Gasteiger charge is 2.64. The highest BCUT2D eigenvalue weighted by molar-refractivity contribution is 8.00. The summed E-state index contributed by atoms with van der Waals surface area (Å²) in [5.74, 6) is -5.92. The molecule has 91 heavy (non-hydrogen) atoms. The van der Waals surface area contributed by atoms with E-state index in [0.29, 0.717) is 94.4 Å². The molecule has 0 spiro atoms. The lowest BCUT2D eigenvalue weighted by Crippen LogP contribution is -2.60. The summed E-state index contributed by atoms with van der Waals surface area (Å²) >= 11 is 7.76. The third-order valence-corrected chi connectivity index (χ3v) is 19.8. The first-order chi connectivity index (χ1) is 43.0. The van der Waals surface area contributed by atoms with Crippen LogP contribution < -0.4 is 26.2 Å². The third-order valence-electron chi connectivity index (χ3n) is 18.1. The number of ether oxygens (including phenoxy) is 4. The molecule has 6 amide bonds. The van der Waals surface area contributed by atoms with Crippen molar-refractivity contribution in [3.05, 3.63) is 52.1 Å². The van der Waals surface area contributed by atoms with E-state index < -0.39 is 94.4 Å². The van der Waals surface area contributed by atoms with Crippen LogP contribution in [0.2, 0.25) is 5.02 Å². The molecule has 5 rings (SSSR count). The Hall–Kier alpha value is -6.21. The summed E-state index contributed by atoms with van der Waals surface area (Å²) in [7, 11) is 2.98. The van der Waals surface area contributed by atoms with Crippen LogP contribution in [0.3, 0.4) is 0 Å². The van der Waals surface area contributed by atoms with Crippen LogP contribution in [0, 0.1) is 36.5 Å². The molecular formula is C66H97ClN6O17S. The van der Waals surface area contributed by atoms with E-state index in [0.717, 1.165) is 28.5 Å². The second-order valence-electron chi connectivity index (χ2n) is 25.3. The van der Waals surface area contributed by atoms with Crippen molar-refractivity contribution in [2.45, 2.75) is 205 Å². The number of likely N-dealkylation sites (N-methyl/N-ethyl adjacent to an activating group) is 1. The number of unbranched alkanes of at least 4 members (excludes halogenated alkanes) is 2. The lowest BCUT2D eigenvalue weighted by Gasteiger charge is -2.41. The van der Waals surface area contributed by atoms with Crippen molar-refractivity contribution in [1.29, 1.82) is 0 Å². The number of epoxide rings is 1. The van der Waals surface area contributed by atoms with E-state index in [1.165, 1.54) is 30.7 Å². The number of alkyl carbamates (subject to hydrolysis) is 1. The van der Waals surface area contributed by atoms with E-state index in [9.17, 15) is 63.0 Å². The Morgan fingerprint density at radius 1 is 0.945 bits per heavy atom. The molecule has 25 heteroatoms. The van der Waals surface area contributed by atoms with Gasteiger partial charge in [0.05, 0.1) is 43.0 Å². The first-order valence-electron chi connectivity index (χ1n) is 32.0. The van der Waals surface area contributed by atoms with Gasteiger partial charge in [-0.25, -0.2) is 9.59 Å². The predicted octanol–water partition coefficient (Wildman–Crippen LogP) is 7.06. The maximum absolute atomic E-state index is 14.4. The topological polar surface area (TPSA) is 323 Å². The number of Topliss-reactive ketones (excluding diaryl/α,β-unsaturated/α-hetero) is 3. The number of halogens is 1. The Kier molecular flexibility index (Phi) is 29.6. The molecule has 3 fully saturated rings. The van der Waals surface area contributed by atoms with Gasteiger partial charge >= 0.3 is 18.0 Å². The minimum Gasteiger partial charge on any atom is -0.480 e. The number of thioether (sulfide) groups is 1. The average Bonchev–Trinajstić information content (AvgIpc) is 1.64. The number of amides is 6. The largest absolute Gasteiger partial charge is 0.480 e. The van der Waals surface area contributed by atoms with E-state index >= 15 is 0 Å². The fourth-order valence-corrected chi connectivity index (χ4v) is 13.1. The number of rotatable bonds is 31. The number of hydrogen-bond donors (Lipinski definition) is 6. The Morgan fingerprint density at radius 3 is 2.34 bits per heavy atom. The summed E-state index contributed by atoms with van der Waals surface area (Å²) in [5.41, 5.74) is 0.0580. The quantitative estimate of drug-likeness (QED) is 0.0246. The van der Waals surface area contributed by atoms with Crippen molar-refractivity contribution in [1.82, 2.24) is 26.2 Å². The number of carbonyl (C=O) groups is 11. The molecule has 1 saturated carbocycles. The summed E-state index contributed by atoms with van der Waals surface area (Å²) in [6.45, 7) is 14.6. The second-order valence-corrected chi connectivity index (χ2v) is 27.0. The SMILES string of the molecule is CCC(=O)NCCOCCC(=O)CC(CCCCCC(=O)C1CCC(CNC(=O)CC(SCCC(=O)N(C)[C@@H](C)C(=O)O[C@H]2CC(=O)N(C)c3cc(cc(C)c3Cl)C/C(C)=C/C=C/[C@H](C)[C@@]3(O)CC(OC(=O)N3)[C@@H](C)[C@@H]3O[C@@]23C)C(=O)O)CC1)C(=O)NCC(C)=O. The zero-order valence-corrected chi connectivity index (χ0v) is 56.2. The van der Waals surface area contributed by atoms with Crippen LogP contribution in [-0.4, -0.2) is 174 Å². The van der Waals surface area contributed by atoms with E-state index in [-0.39, 0.29) is 105 Å². The highest BCUT2D eigenvalue weighted by atomic mass is 35.5. The molecule has 3 aliphatic heterocycles. The summed E-state index contributed by atoms with van der Waals surface area (Å²) < 4.78 is 23.7. The molecule has 506 valence electrons. The van der Waals surface area contributed by atoms with Crippen LogP contribution in [0.1, 0.15) is 162 Å². The molecule has 4 bridgehead atoms. The van der Waals surface area contributed by atoms with Gasteiger partial charge in [-0.05, 0) is 103 Å². The van der Waals surface area contributed by atoms with Crippen molar-refractivity contribution in [3.63, 3.8) is 0 Å². The Balaban J connectivity index is 1.07. The standard InChI is InChI=1S/C66H97ClN6O17S/c1-11-55(77)68-26-28-87-27-24-49(75)33-48(61(81)70-37-42(5)74)18-13-12-14-19-51(76)47-22-20-45(21-23-47)38-69-56(78)34-53(62(82)83)91-29-25-57(79)72(9)44(7)63(84)89-54-35-58(80)73(10)50-32-46(31-40(3)59(50)67)30-39(2)16-15-17-41(4)66(86)36-52(88-64(85)71-66)43(6)60-65(54,8)90-60/h15-17,31-32,41,43-45,47-48,52-54,60,86H,11-14,18-30,33-38H2,1-10H3,(H,68,77)(H,69,78)(H,70,81)(H,71,85)(H,82,83)/b17-15+,39-16+/t41-,43+,44-,45?,47?,48?,52?,53?,54-,60-,65-,66-/m0/s1. The first-order valence-corrected chi connectivity index (χ1v) is 33.4. The molecular weight excluding hydrogens is 1220 g/mol. The monoisotopic (exact) mass is 1310 g/mol. The van der Waals surface area contributed by atoms with E-state index in [1.54, 1.807) is 40.8 Å². The summed E-state index contributed by atoms with van der Waals surface area (Å²) in [6.07, 6.45) is 7.42. The number of fused-ring (bicyclic) bond motifs is 5. The number of anilines is 1. The summed E-state index contributed by atoms with van der Waals surface area (Å²) in [4.78, 5) is 145. The second kappa shape index (κ2) is 35.7. The lowest BCUT2D eigenvalue weighted by atomic mass is 9.79. The molecule has 4 aliphatic rings. The minimum atomic E-state index is -1.68. The fraction of sp³-hybridized carbons (Fsp3) is 0.682. The number of aliphatic hydroxyl groups is 1. The van der Waals surface area contributed by atoms with E-state index in [2.05, 4.69) is 21.3 Å². The van der Waals surface area contributed by atoms with Crippen molar-refractivity contribution in [3.8, 4) is 0 Å². The molecule has 3 heterocycles. The normalized spacial score (nSPS) is 26.1. The zero-order chi connectivity index (χ0) is 67.3. The van der Waals surface area contributed by atoms with Crippen LogP contribution in [0.25, 0.3) is 0 Å². The number of allylic oxidation sites excluding steroid dienone is 3. The van der Waals surface area contributed by atoms with Crippen molar-refractivity contribution in [2.75, 3.05) is 57.6 Å². The molecule has 2 saturated heterocycles. The Labute approximate surface area is 544 Å². The van der Waals surface area contributed by atoms with Crippen molar-refractivity contribution >= 4 is 94.0 Å². The minimum absolute atomic E-state index is 0.000942. The fourth-order valence-electron chi connectivity index (χ4n) is 11.8. The number of carboxylic acid groups (broad SMARTS) is 1. The number of carboxylic acids is 1. The molecule has 1 aliphatic carbocycles. The van der Waals surface area contributed by atoms with E-state index in [1.807, 2.05) is 38.1 Å². The van der Waals surface area contributed by atoms with Gasteiger partial charge in [0.2, 0.25) is 29.5 Å². The summed E-state index contributed by atoms with van der Waals surface area (Å²) in [5, 5.41) is 31.8. The lowest BCUT2D eigenvalue weighted by molar-refractivity contribution is -0.162. The maximum atomic E-state index is 14.4. The highest BCUT2D eigenvalue weighted by Crippen LogP contribution is 2.49. The van der Waals surface area contributed by atoms with Crippen molar-refractivity contribution < 1.29 is 81.9 Å². The van der Waals surface area contributed by atoms with Crippen LogP contribution in [0.5, 0.6) is 0 Å². The predicted molar refractivity (Wildman–Crippen MR) is 343 cm³/mol. The van der Waals surface area contributed by atoms with Gasteiger partial charge in [-0.3, -0.25) is 48.5 Å². The molecule has 3 unspecified atom stereocenters. The number of carbonyl (C=O) groups excluding carboxylic acids is 10. The molecule has 23 nitrogen and oxygen atoms in total. The van der Waals surface area contributed by atoms with Crippen LogP contribution >= 0.6 is 23.4 Å². The number of benzene rings is 1. The smallest absolute Gasteiger partial charge is 0.409 e. The average molecular weight is 1310 g/mol. The van der Waals surface area contributed by atoms with Crippen LogP contribution in [0.4, 0.5) is 10.5 Å². The zero-order valence-electron chi connectivity index (χ0n) is 54.6. The third kappa shape index (κ3) is 23.1. The van der Waals surface area contributed by atoms with Crippen LogP contribution in [-0.2, 0) is 73.3 Å². The first kappa shape index (κ1) is 75.5. The maximum Gasteiger partial charge on any atom is 0.409 e. The molecule has 10 atom stereocenters. The Morgan fingerprint density at radius 2 is 1.66 bits per heavy atom. The summed E-state index contributed by atoms with van der Waals surface area (Å²) in [6, 6.07) is 2.58. The number of aryl methyl sites for hydroxylation is 1. The Bertz CT molecular complexity index is 2840. The van der Waals surface area contributed by atoms with Gasteiger partial charge in [0.25, 0.3) is 0 Å². The van der Waals surface area contributed by atoms with Gasteiger partial charge in [-0.2, -0.15) is 0 Å². The number of esters is 1. The van der Waals surface area contributed by atoms with Gasteiger partial charge in [-0.1, -0.05) is 75.1 Å². The molecule has 1 aromatic rings. The van der Waals surface area contributed by atoms with Gasteiger partial charge in [-0.15, -0.1) is 11.8 Å². The van der Waals surface area contributed by atoms with Gasteiger partial charge in [0.1, 0.15) is 52.2 Å². The molecule has 0 aromatic heterocycles. The molecule has 1 aromatic carbocycles. The van der Waals surface area contributed by atoms with Crippen molar-refractivity contribution in [2.24, 2.45) is 29.6 Å². The van der Waals surface area contributed by atoms with Gasteiger partial charge < -0.3 is 54.9 Å². The number of hydrogen-bond acceptors (Lipinski definition) is 17. The van der Waals surface area contributed by atoms with Gasteiger partial charge in [0.15, 0.2) is 0 Å². The molecule has 0 radical (unpaired) electrons. The molecule has 6 N–H and O–H groups in total. The number of nitrogens with one attached hydrogen (secondary N) is 4. The van der Waals surface area contributed by atoms with Crippen LogP contribution in [0.15, 0.2) is 35.9 Å².